The van der Waals surface area contributed by atoms with Gasteiger partial charge in [-0.25, -0.2) is 18.2 Å². The van der Waals surface area contributed by atoms with Crippen molar-refractivity contribution in [2.24, 2.45) is 0 Å². The van der Waals surface area contributed by atoms with Gasteiger partial charge in [0.25, 0.3) is 0 Å². The molecular weight excluding hydrogens is 327 g/mol. The number of benzene rings is 1. The lowest BCUT2D eigenvalue weighted by atomic mass is 10.1. The molecule has 0 aliphatic carbocycles. The molecule has 0 spiro atoms. The number of aromatic nitrogens is 1. The number of nitrogens with zero attached hydrogens (tertiary/aromatic N) is 2. The van der Waals surface area contributed by atoms with Crippen LogP contribution in [0.15, 0.2) is 12.1 Å². The summed E-state index contributed by atoms with van der Waals surface area (Å²) >= 11 is 1.06. The number of nitriles is 1. The SMILES string of the molecule is Cc1sc(NC(=O)CCCC#N)nc1-c1c(F)cc(F)cc1F. The van der Waals surface area contributed by atoms with Crippen LogP contribution in [-0.4, -0.2) is 10.9 Å². The summed E-state index contributed by atoms with van der Waals surface area (Å²) in [5.74, 6) is -3.45. The molecule has 120 valence electrons. The van der Waals surface area contributed by atoms with Crippen LogP contribution in [0.2, 0.25) is 0 Å². The van der Waals surface area contributed by atoms with Gasteiger partial charge in [-0.05, 0) is 13.3 Å². The van der Waals surface area contributed by atoms with Gasteiger partial charge in [-0.2, -0.15) is 5.26 Å². The zero-order valence-electron chi connectivity index (χ0n) is 12.1. The minimum absolute atomic E-state index is 0.0253. The predicted molar refractivity (Wildman–Crippen MR) is 80.3 cm³/mol. The topological polar surface area (TPSA) is 65.8 Å². The van der Waals surface area contributed by atoms with E-state index in [2.05, 4.69) is 10.3 Å². The second-order valence-electron chi connectivity index (χ2n) is 4.73. The first-order valence-electron chi connectivity index (χ1n) is 6.71. The van der Waals surface area contributed by atoms with Crippen LogP contribution in [0, 0.1) is 35.7 Å². The molecule has 4 nitrogen and oxygen atoms in total. The van der Waals surface area contributed by atoms with Gasteiger partial charge in [0, 0.05) is 29.9 Å². The number of rotatable bonds is 5. The Kier molecular flexibility index (Phi) is 5.34. The number of hydrogen-bond acceptors (Lipinski definition) is 4. The van der Waals surface area contributed by atoms with Crippen LogP contribution in [0.4, 0.5) is 18.3 Å². The van der Waals surface area contributed by atoms with Crippen LogP contribution in [0.1, 0.15) is 24.1 Å². The molecular formula is C15H12F3N3OS. The molecule has 1 aromatic carbocycles. The Morgan fingerprint density at radius 3 is 2.61 bits per heavy atom. The molecule has 23 heavy (non-hydrogen) atoms. The third kappa shape index (κ3) is 4.07. The van der Waals surface area contributed by atoms with E-state index in [-0.39, 0.29) is 29.6 Å². The fraction of sp³-hybridized carbons (Fsp3) is 0.267. The number of anilines is 1. The van der Waals surface area contributed by atoms with Crippen LogP contribution in [0.25, 0.3) is 11.3 Å². The van der Waals surface area contributed by atoms with E-state index in [0.717, 1.165) is 11.3 Å². The number of hydrogen-bond donors (Lipinski definition) is 1. The van der Waals surface area contributed by atoms with E-state index in [1.807, 2.05) is 6.07 Å². The highest BCUT2D eigenvalue weighted by molar-refractivity contribution is 7.16. The number of carbonyl (C=O) groups is 1. The number of aryl methyl sites for hydroxylation is 1. The average Bonchev–Trinajstić information content (AvgIpc) is 2.78. The maximum absolute atomic E-state index is 13.8. The van der Waals surface area contributed by atoms with Gasteiger partial charge in [0.2, 0.25) is 5.91 Å². The normalized spacial score (nSPS) is 10.4. The van der Waals surface area contributed by atoms with Gasteiger partial charge in [0.1, 0.15) is 17.5 Å². The molecule has 1 heterocycles. The van der Waals surface area contributed by atoms with Crippen molar-refractivity contribution in [2.45, 2.75) is 26.2 Å². The van der Waals surface area contributed by atoms with E-state index < -0.39 is 23.0 Å². The standard InChI is InChI=1S/C15H12F3N3OS/c1-8-14(13-10(17)6-9(16)7-11(13)18)21-15(23-8)20-12(22)4-2-3-5-19/h6-7H,2-4H2,1H3,(H,20,21,22). The Morgan fingerprint density at radius 2 is 2.00 bits per heavy atom. The molecule has 0 bridgehead atoms. The van der Waals surface area contributed by atoms with E-state index in [0.29, 0.717) is 23.4 Å². The van der Waals surface area contributed by atoms with Crippen molar-refractivity contribution < 1.29 is 18.0 Å². The Hall–Kier alpha value is -2.40. The van der Waals surface area contributed by atoms with Gasteiger partial charge in [-0.3, -0.25) is 4.79 Å². The first-order chi connectivity index (χ1) is 10.9. The maximum atomic E-state index is 13.8. The van der Waals surface area contributed by atoms with E-state index in [4.69, 9.17) is 5.26 Å². The average molecular weight is 339 g/mol. The number of amides is 1. The van der Waals surface area contributed by atoms with E-state index in [9.17, 15) is 18.0 Å². The van der Waals surface area contributed by atoms with Crippen molar-refractivity contribution >= 4 is 22.4 Å². The Labute approximate surface area is 134 Å². The molecule has 0 fully saturated rings. The molecule has 1 amide bonds. The summed E-state index contributed by atoms with van der Waals surface area (Å²) in [6.07, 6.45) is 0.836. The van der Waals surface area contributed by atoms with Gasteiger partial charge in [-0.1, -0.05) is 0 Å². The zero-order chi connectivity index (χ0) is 17.0. The van der Waals surface area contributed by atoms with Gasteiger partial charge < -0.3 is 5.32 Å². The quantitative estimate of drug-likeness (QED) is 0.832. The summed E-state index contributed by atoms with van der Waals surface area (Å²) in [6, 6.07) is 3.09. The van der Waals surface area contributed by atoms with Gasteiger partial charge >= 0.3 is 0 Å². The summed E-state index contributed by atoms with van der Waals surface area (Å²) in [5.41, 5.74) is -0.401. The van der Waals surface area contributed by atoms with Gasteiger partial charge in [0.15, 0.2) is 5.13 Å². The third-order valence-corrected chi connectivity index (χ3v) is 3.87. The second kappa shape index (κ2) is 7.24. The second-order valence-corrected chi connectivity index (χ2v) is 5.93. The summed E-state index contributed by atoms with van der Waals surface area (Å²) in [6.45, 7) is 1.60. The molecule has 0 aliphatic rings. The molecule has 0 saturated heterocycles. The smallest absolute Gasteiger partial charge is 0.226 e. The van der Waals surface area contributed by atoms with E-state index in [1.54, 1.807) is 6.92 Å². The van der Waals surface area contributed by atoms with E-state index in [1.165, 1.54) is 0 Å². The highest BCUT2D eigenvalue weighted by atomic mass is 32.1. The van der Waals surface area contributed by atoms with Crippen molar-refractivity contribution in [3.05, 3.63) is 34.5 Å². The van der Waals surface area contributed by atoms with Crippen LogP contribution < -0.4 is 5.32 Å². The van der Waals surface area contributed by atoms with Crippen molar-refractivity contribution in [2.75, 3.05) is 5.32 Å². The Morgan fingerprint density at radius 1 is 1.35 bits per heavy atom. The van der Waals surface area contributed by atoms with Gasteiger partial charge in [0.05, 0.1) is 17.3 Å². The minimum Gasteiger partial charge on any atom is -0.302 e. The molecule has 0 atom stereocenters. The minimum atomic E-state index is -1.05. The number of unbranched alkanes of at least 4 members (excludes halogenated alkanes) is 1. The molecule has 2 rings (SSSR count). The molecule has 1 N–H and O–H groups in total. The first kappa shape index (κ1) is 17.0. The molecule has 0 unspecified atom stereocenters. The molecule has 1 aromatic heterocycles. The largest absolute Gasteiger partial charge is 0.302 e. The lowest BCUT2D eigenvalue weighted by molar-refractivity contribution is -0.116. The predicted octanol–water partition coefficient (Wildman–Crippen LogP) is 4.17. The first-order valence-corrected chi connectivity index (χ1v) is 7.53. The van der Waals surface area contributed by atoms with E-state index >= 15 is 0 Å². The monoisotopic (exact) mass is 339 g/mol. The highest BCUT2D eigenvalue weighted by Gasteiger charge is 2.20. The number of thiazole rings is 1. The van der Waals surface area contributed by atoms with Crippen molar-refractivity contribution in [3.8, 4) is 17.3 Å². The maximum Gasteiger partial charge on any atom is 0.226 e. The summed E-state index contributed by atoms with van der Waals surface area (Å²) in [7, 11) is 0. The molecule has 2 aromatic rings. The Balaban J connectivity index is 2.22. The molecule has 0 radical (unpaired) electrons. The summed E-state index contributed by atoms with van der Waals surface area (Å²) < 4.78 is 40.6. The fourth-order valence-electron chi connectivity index (χ4n) is 1.96. The van der Waals surface area contributed by atoms with Crippen molar-refractivity contribution in [3.63, 3.8) is 0 Å². The number of carbonyl (C=O) groups excluding carboxylic acids is 1. The molecule has 8 heteroatoms. The fourth-order valence-corrected chi connectivity index (χ4v) is 2.80. The molecule has 0 aliphatic heterocycles. The third-order valence-electron chi connectivity index (χ3n) is 2.98. The zero-order valence-corrected chi connectivity index (χ0v) is 12.9. The lowest BCUT2D eigenvalue weighted by Crippen LogP contribution is -2.10. The molecule has 0 saturated carbocycles. The highest BCUT2D eigenvalue weighted by Crippen LogP contribution is 2.34. The van der Waals surface area contributed by atoms with Crippen LogP contribution in [0.3, 0.4) is 0 Å². The van der Waals surface area contributed by atoms with Crippen LogP contribution in [-0.2, 0) is 4.79 Å². The Bertz CT molecular complexity index is 760. The number of nitrogens with one attached hydrogen (secondary N) is 1. The van der Waals surface area contributed by atoms with Crippen molar-refractivity contribution in [1.82, 2.24) is 4.98 Å². The summed E-state index contributed by atoms with van der Waals surface area (Å²) in [5, 5.41) is 11.1. The lowest BCUT2D eigenvalue weighted by Gasteiger charge is -2.03. The van der Waals surface area contributed by atoms with Crippen molar-refractivity contribution in [1.29, 1.82) is 5.26 Å². The number of halogens is 3. The van der Waals surface area contributed by atoms with Crippen LogP contribution in [0.5, 0.6) is 0 Å². The summed E-state index contributed by atoms with van der Waals surface area (Å²) in [4.78, 5) is 16.2. The van der Waals surface area contributed by atoms with Gasteiger partial charge in [-0.15, -0.1) is 11.3 Å². The van der Waals surface area contributed by atoms with Crippen LogP contribution >= 0.6 is 11.3 Å².